The summed E-state index contributed by atoms with van der Waals surface area (Å²) in [5.74, 6) is -7.78. The lowest BCUT2D eigenvalue weighted by Crippen LogP contribution is -2.68. The van der Waals surface area contributed by atoms with Crippen molar-refractivity contribution in [3.63, 3.8) is 0 Å². The van der Waals surface area contributed by atoms with Crippen LogP contribution in [0.3, 0.4) is 0 Å². The Morgan fingerprint density at radius 3 is 2.44 bits per heavy atom. The zero-order valence-corrected chi connectivity index (χ0v) is 18.9. The Kier molecular flexibility index (Phi) is 5.91. The van der Waals surface area contributed by atoms with Gasteiger partial charge in [0.15, 0.2) is 0 Å². The highest BCUT2D eigenvalue weighted by Gasteiger charge is 2.69. The Balaban J connectivity index is 1.55. The molecule has 5 nitrogen and oxygen atoms in total. The Labute approximate surface area is 202 Å². The Morgan fingerprint density at radius 1 is 1.11 bits per heavy atom. The lowest BCUT2D eigenvalue weighted by Gasteiger charge is -2.43. The topological polar surface area (TPSA) is 58.6 Å². The number of hydrogen-bond acceptors (Lipinski definition) is 3. The highest BCUT2D eigenvalue weighted by molar-refractivity contribution is 5.82. The van der Waals surface area contributed by atoms with E-state index in [1.54, 1.807) is 0 Å². The molecule has 2 aromatic carbocycles. The molecule has 2 aliphatic heterocycles. The van der Waals surface area contributed by atoms with Crippen molar-refractivity contribution >= 4 is 12.0 Å². The van der Waals surface area contributed by atoms with Crippen LogP contribution in [0.4, 0.5) is 31.1 Å². The first-order valence-electron chi connectivity index (χ1n) is 11.5. The fourth-order valence-electron chi connectivity index (χ4n) is 5.46. The molecule has 3 fully saturated rings. The van der Waals surface area contributed by atoms with Crippen LogP contribution >= 0.6 is 0 Å². The lowest BCUT2D eigenvalue weighted by molar-refractivity contribution is -0.142. The number of nitrogens with one attached hydrogen (secondary N) is 1. The van der Waals surface area contributed by atoms with Crippen molar-refractivity contribution in [2.45, 2.75) is 49.4 Å². The summed E-state index contributed by atoms with van der Waals surface area (Å²) in [6.45, 7) is -1.36. The van der Waals surface area contributed by atoms with E-state index in [0.717, 1.165) is 17.0 Å². The average Bonchev–Trinajstić information content (AvgIpc) is 2.98. The fraction of sp³-hybridized carbons (Fsp3) is 0.440. The summed E-state index contributed by atoms with van der Waals surface area (Å²) in [6.07, 6.45) is -3.23. The number of nitrogens with zero attached hydrogens (tertiary/aromatic N) is 1. The molecule has 1 N–H and O–H groups in total. The molecule has 1 spiro atoms. The molecule has 36 heavy (non-hydrogen) atoms. The van der Waals surface area contributed by atoms with E-state index in [1.807, 2.05) is 0 Å². The van der Waals surface area contributed by atoms with E-state index in [4.69, 9.17) is 4.74 Å². The van der Waals surface area contributed by atoms with Gasteiger partial charge in [0.25, 0.3) is 5.92 Å². The van der Waals surface area contributed by atoms with Gasteiger partial charge in [0, 0.05) is 24.0 Å². The van der Waals surface area contributed by atoms with Crippen molar-refractivity contribution in [3.8, 4) is 11.1 Å². The molecule has 3 aliphatic rings. The first-order chi connectivity index (χ1) is 17.0. The van der Waals surface area contributed by atoms with Crippen molar-refractivity contribution < 1.29 is 40.7 Å². The van der Waals surface area contributed by atoms with E-state index in [9.17, 15) is 22.8 Å². The number of halogens is 6. The van der Waals surface area contributed by atoms with Crippen molar-refractivity contribution in [1.82, 2.24) is 10.2 Å². The largest absolute Gasteiger partial charge is 0.449 e. The van der Waals surface area contributed by atoms with Crippen LogP contribution in [0.15, 0.2) is 36.4 Å². The summed E-state index contributed by atoms with van der Waals surface area (Å²) < 4.78 is 92.3. The van der Waals surface area contributed by atoms with Crippen molar-refractivity contribution in [2.24, 2.45) is 5.92 Å². The Bertz CT molecular complexity index is 1200. The minimum atomic E-state index is -3.58. The lowest BCUT2D eigenvalue weighted by atomic mass is 9.79. The number of carbonyl (C=O) groups is 2. The van der Waals surface area contributed by atoms with Crippen LogP contribution in [0, 0.1) is 23.4 Å². The quantitative estimate of drug-likeness (QED) is 0.601. The van der Waals surface area contributed by atoms with Crippen molar-refractivity contribution in [1.29, 1.82) is 0 Å². The standard InChI is InChI=1S/C25H22F6N2O3/c26-16-8-15(9-16)22(34)33-12-25(30,31)24(4-5-36-23(35)32-24)20(33)10-13-2-1-3-19(21(13)29)14-6-17(27)11-18(28)7-14/h1-3,6-7,11,15-16,20H,4-5,8-10,12H2,(H,32,35). The Hall–Kier alpha value is -3.24. The van der Waals surface area contributed by atoms with Gasteiger partial charge in [0.2, 0.25) is 5.91 Å². The molecule has 11 heteroatoms. The zero-order valence-electron chi connectivity index (χ0n) is 18.9. The molecular weight excluding hydrogens is 490 g/mol. The molecule has 0 bridgehead atoms. The van der Waals surface area contributed by atoms with Gasteiger partial charge in [0.05, 0.1) is 19.2 Å². The number of cyclic esters (lactones) is 1. The van der Waals surface area contributed by atoms with Gasteiger partial charge in [-0.2, -0.15) is 0 Å². The third kappa shape index (κ3) is 3.98. The summed E-state index contributed by atoms with van der Waals surface area (Å²) in [5.41, 5.74) is -2.56. The molecule has 2 heterocycles. The second-order valence-electron chi connectivity index (χ2n) is 9.58. The van der Waals surface area contributed by atoms with Crippen molar-refractivity contribution in [3.05, 3.63) is 59.4 Å². The fourth-order valence-corrected chi connectivity index (χ4v) is 5.46. The van der Waals surface area contributed by atoms with Crippen LogP contribution in [0.2, 0.25) is 0 Å². The third-order valence-corrected chi connectivity index (χ3v) is 7.40. The number of amides is 2. The molecule has 0 radical (unpaired) electrons. The van der Waals surface area contributed by atoms with E-state index >= 15 is 13.2 Å². The Morgan fingerprint density at radius 2 is 1.81 bits per heavy atom. The maximum atomic E-state index is 15.6. The highest BCUT2D eigenvalue weighted by atomic mass is 19.3. The SMILES string of the molecule is O=C1NC2(CCO1)C(Cc1cccc(-c3cc(F)cc(F)c3)c1F)N(C(=O)C1CC(F)C1)CC2(F)F. The zero-order chi connectivity index (χ0) is 25.8. The van der Waals surface area contributed by atoms with Gasteiger partial charge >= 0.3 is 6.09 Å². The van der Waals surface area contributed by atoms with Crippen LogP contribution in [0.25, 0.3) is 11.1 Å². The van der Waals surface area contributed by atoms with E-state index in [-0.39, 0.29) is 42.6 Å². The third-order valence-electron chi connectivity index (χ3n) is 7.40. The monoisotopic (exact) mass is 512 g/mol. The minimum Gasteiger partial charge on any atom is -0.449 e. The van der Waals surface area contributed by atoms with E-state index in [1.165, 1.54) is 18.2 Å². The molecule has 2 saturated heterocycles. The van der Waals surface area contributed by atoms with E-state index in [0.29, 0.717) is 6.07 Å². The minimum absolute atomic E-state index is 0.0882. The molecule has 2 amide bonds. The summed E-state index contributed by atoms with van der Waals surface area (Å²) in [7, 11) is 0. The van der Waals surface area contributed by atoms with Gasteiger partial charge in [0.1, 0.15) is 29.2 Å². The van der Waals surface area contributed by atoms with Crippen molar-refractivity contribution in [2.75, 3.05) is 13.2 Å². The van der Waals surface area contributed by atoms with Gasteiger partial charge in [-0.3, -0.25) is 4.79 Å². The number of benzene rings is 2. The van der Waals surface area contributed by atoms with Gasteiger partial charge in [-0.1, -0.05) is 18.2 Å². The van der Waals surface area contributed by atoms with Gasteiger partial charge in [-0.15, -0.1) is 0 Å². The molecule has 1 aliphatic carbocycles. The molecule has 2 atom stereocenters. The maximum absolute atomic E-state index is 15.6. The molecule has 0 aromatic heterocycles. The molecule has 5 rings (SSSR count). The van der Waals surface area contributed by atoms with Crippen LogP contribution in [-0.4, -0.2) is 53.7 Å². The van der Waals surface area contributed by atoms with Crippen LogP contribution < -0.4 is 5.32 Å². The number of carbonyl (C=O) groups excluding carboxylic acids is 2. The van der Waals surface area contributed by atoms with Crippen LogP contribution in [0.5, 0.6) is 0 Å². The highest BCUT2D eigenvalue weighted by Crippen LogP contribution is 2.48. The summed E-state index contributed by atoms with van der Waals surface area (Å²) in [4.78, 5) is 26.1. The normalized spacial score (nSPS) is 29.0. The predicted molar refractivity (Wildman–Crippen MR) is 115 cm³/mol. The molecule has 1 saturated carbocycles. The number of alkyl halides is 3. The number of alkyl carbamates (subject to hydrolysis) is 1. The van der Waals surface area contributed by atoms with Crippen LogP contribution in [0.1, 0.15) is 24.8 Å². The second kappa shape index (κ2) is 8.70. The maximum Gasteiger partial charge on any atom is 0.407 e. The number of rotatable bonds is 4. The second-order valence-corrected chi connectivity index (χ2v) is 9.58. The van der Waals surface area contributed by atoms with Gasteiger partial charge in [-0.25, -0.2) is 31.1 Å². The average molecular weight is 512 g/mol. The van der Waals surface area contributed by atoms with E-state index < -0.39 is 72.0 Å². The molecule has 192 valence electrons. The number of ether oxygens (including phenoxy) is 1. The molecular formula is C25H22F6N2O3. The molecule has 2 unspecified atom stereocenters. The number of hydrogen-bond donors (Lipinski definition) is 1. The molecule has 2 aromatic rings. The predicted octanol–water partition coefficient (Wildman–Crippen LogP) is 4.78. The van der Waals surface area contributed by atoms with E-state index in [2.05, 4.69) is 5.32 Å². The van der Waals surface area contributed by atoms with Gasteiger partial charge < -0.3 is 15.0 Å². The number of likely N-dealkylation sites (tertiary alicyclic amines) is 1. The van der Waals surface area contributed by atoms with Crippen LogP contribution in [-0.2, 0) is 16.0 Å². The summed E-state index contributed by atoms with van der Waals surface area (Å²) >= 11 is 0. The smallest absolute Gasteiger partial charge is 0.407 e. The first-order valence-corrected chi connectivity index (χ1v) is 11.5. The van der Waals surface area contributed by atoms with Gasteiger partial charge in [-0.05, 0) is 42.5 Å². The first kappa shape index (κ1) is 24.5. The summed E-state index contributed by atoms with van der Waals surface area (Å²) in [6, 6.07) is 5.16. The summed E-state index contributed by atoms with van der Waals surface area (Å²) in [5, 5.41) is 2.20.